The van der Waals surface area contributed by atoms with Crippen LogP contribution in [0.25, 0.3) is 0 Å². The molecule has 0 N–H and O–H groups in total. The molecule has 0 bridgehead atoms. The summed E-state index contributed by atoms with van der Waals surface area (Å²) in [6.07, 6.45) is 0. The van der Waals surface area contributed by atoms with Crippen LogP contribution < -0.4 is 4.90 Å². The first-order valence-electron chi connectivity index (χ1n) is 8.31. The van der Waals surface area contributed by atoms with Gasteiger partial charge in [0.15, 0.2) is 0 Å². The van der Waals surface area contributed by atoms with Gasteiger partial charge >= 0.3 is 0 Å². The number of piperazine rings is 1. The van der Waals surface area contributed by atoms with E-state index in [9.17, 15) is 9.59 Å². The summed E-state index contributed by atoms with van der Waals surface area (Å²) >= 11 is 0. The molecule has 0 unspecified atom stereocenters. The number of hydrogen-bond acceptors (Lipinski definition) is 2. The molecule has 1 heterocycles. The average Bonchev–Trinajstić information content (AvgIpc) is 2.62. The van der Waals surface area contributed by atoms with E-state index in [1.165, 1.54) is 5.56 Å². The Morgan fingerprint density at radius 3 is 2.21 bits per heavy atom. The molecule has 0 saturated carbocycles. The molecule has 124 valence electrons. The van der Waals surface area contributed by atoms with Crippen LogP contribution >= 0.6 is 0 Å². The van der Waals surface area contributed by atoms with Crippen molar-refractivity contribution in [1.29, 1.82) is 0 Å². The lowest BCUT2D eigenvalue weighted by atomic mass is 10.0. The van der Waals surface area contributed by atoms with Crippen molar-refractivity contribution in [2.45, 2.75) is 19.8 Å². The van der Waals surface area contributed by atoms with Crippen LogP contribution in [0.3, 0.4) is 0 Å². The lowest BCUT2D eigenvalue weighted by Gasteiger charge is -2.34. The Kier molecular flexibility index (Phi) is 4.65. The molecule has 0 radical (unpaired) electrons. The van der Waals surface area contributed by atoms with Gasteiger partial charge < -0.3 is 9.80 Å². The number of benzene rings is 2. The number of para-hydroxylation sites is 1. The first-order valence-corrected chi connectivity index (χ1v) is 8.31. The number of anilines is 1. The van der Waals surface area contributed by atoms with Crippen LogP contribution in [0.15, 0.2) is 54.6 Å². The predicted octanol–water partition coefficient (Wildman–Crippen LogP) is 3.30. The highest BCUT2D eigenvalue weighted by molar-refractivity contribution is 6.01. The monoisotopic (exact) mass is 322 g/mol. The van der Waals surface area contributed by atoms with Crippen LogP contribution in [0.5, 0.6) is 0 Å². The largest absolute Gasteiger partial charge is 0.328 e. The molecule has 1 saturated heterocycles. The molecule has 1 fully saturated rings. The van der Waals surface area contributed by atoms with Crippen molar-refractivity contribution in [1.82, 2.24) is 4.90 Å². The molecule has 3 rings (SSSR count). The van der Waals surface area contributed by atoms with Crippen LogP contribution in [-0.4, -0.2) is 36.3 Å². The smallest absolute Gasteiger partial charge is 0.254 e. The lowest BCUT2D eigenvalue weighted by Crippen LogP contribution is -2.52. The minimum Gasteiger partial charge on any atom is -0.328 e. The lowest BCUT2D eigenvalue weighted by molar-refractivity contribution is -0.120. The van der Waals surface area contributed by atoms with Gasteiger partial charge in [0.25, 0.3) is 5.91 Å². The SMILES string of the molecule is CC(C)c1ccc(C(=O)N2CCN(c3ccccc3)C(=O)C2)cc1. The number of hydrogen-bond donors (Lipinski definition) is 0. The van der Waals surface area contributed by atoms with Gasteiger partial charge in [0.2, 0.25) is 5.91 Å². The second-order valence-corrected chi connectivity index (χ2v) is 6.38. The average molecular weight is 322 g/mol. The van der Waals surface area contributed by atoms with E-state index in [0.717, 1.165) is 5.69 Å². The summed E-state index contributed by atoms with van der Waals surface area (Å²) in [4.78, 5) is 28.4. The summed E-state index contributed by atoms with van der Waals surface area (Å²) in [5.41, 5.74) is 2.73. The number of carbonyl (C=O) groups excluding carboxylic acids is 2. The third kappa shape index (κ3) is 3.32. The third-order valence-electron chi connectivity index (χ3n) is 4.40. The second-order valence-electron chi connectivity index (χ2n) is 6.38. The van der Waals surface area contributed by atoms with Gasteiger partial charge in [-0.2, -0.15) is 0 Å². The third-order valence-corrected chi connectivity index (χ3v) is 4.40. The molecule has 2 amide bonds. The van der Waals surface area contributed by atoms with E-state index in [4.69, 9.17) is 0 Å². The fourth-order valence-corrected chi connectivity index (χ4v) is 2.92. The van der Waals surface area contributed by atoms with Crippen LogP contribution in [0, 0.1) is 0 Å². The maximum atomic E-state index is 12.6. The highest BCUT2D eigenvalue weighted by Gasteiger charge is 2.28. The van der Waals surface area contributed by atoms with Crippen molar-refractivity contribution in [3.05, 3.63) is 65.7 Å². The number of carbonyl (C=O) groups is 2. The van der Waals surface area contributed by atoms with Gasteiger partial charge in [-0.25, -0.2) is 0 Å². The molecule has 4 heteroatoms. The zero-order valence-corrected chi connectivity index (χ0v) is 14.1. The zero-order valence-electron chi connectivity index (χ0n) is 14.1. The molecule has 1 aliphatic heterocycles. The first kappa shape index (κ1) is 16.2. The van der Waals surface area contributed by atoms with Crippen LogP contribution in [0.4, 0.5) is 5.69 Å². The van der Waals surface area contributed by atoms with Crippen molar-refractivity contribution in [2.24, 2.45) is 0 Å². The van der Waals surface area contributed by atoms with Gasteiger partial charge in [-0.1, -0.05) is 44.2 Å². The minimum absolute atomic E-state index is 0.0420. The Bertz CT molecular complexity index is 723. The molecular formula is C20H22N2O2. The summed E-state index contributed by atoms with van der Waals surface area (Å²) in [6, 6.07) is 17.3. The summed E-state index contributed by atoms with van der Waals surface area (Å²) < 4.78 is 0. The Morgan fingerprint density at radius 1 is 0.958 bits per heavy atom. The molecule has 24 heavy (non-hydrogen) atoms. The molecule has 2 aromatic carbocycles. The van der Waals surface area contributed by atoms with E-state index >= 15 is 0 Å². The first-order chi connectivity index (χ1) is 11.6. The fraction of sp³-hybridized carbons (Fsp3) is 0.300. The van der Waals surface area contributed by atoms with Gasteiger partial charge in [0, 0.05) is 24.3 Å². The summed E-state index contributed by atoms with van der Waals surface area (Å²) in [5, 5.41) is 0. The topological polar surface area (TPSA) is 40.6 Å². The van der Waals surface area contributed by atoms with E-state index in [1.54, 1.807) is 9.80 Å². The maximum Gasteiger partial charge on any atom is 0.254 e. The minimum atomic E-state index is -0.0774. The zero-order chi connectivity index (χ0) is 17.1. The molecule has 0 aliphatic carbocycles. The Morgan fingerprint density at radius 2 is 1.62 bits per heavy atom. The fourth-order valence-electron chi connectivity index (χ4n) is 2.92. The van der Waals surface area contributed by atoms with Gasteiger partial charge in [0.05, 0.1) is 0 Å². The summed E-state index contributed by atoms with van der Waals surface area (Å²) in [6.45, 7) is 5.44. The second kappa shape index (κ2) is 6.87. The van der Waals surface area contributed by atoms with E-state index < -0.39 is 0 Å². The molecular weight excluding hydrogens is 300 g/mol. The Hall–Kier alpha value is -2.62. The van der Waals surface area contributed by atoms with Crippen molar-refractivity contribution in [2.75, 3.05) is 24.5 Å². The molecule has 4 nitrogen and oxygen atoms in total. The summed E-state index contributed by atoms with van der Waals surface area (Å²) in [5.74, 6) is 0.316. The predicted molar refractivity (Wildman–Crippen MR) is 95.2 cm³/mol. The summed E-state index contributed by atoms with van der Waals surface area (Å²) in [7, 11) is 0. The highest BCUT2D eigenvalue weighted by atomic mass is 16.2. The van der Waals surface area contributed by atoms with Crippen LogP contribution in [0.1, 0.15) is 35.7 Å². The normalized spacial score (nSPS) is 15.0. The number of rotatable bonds is 3. The standard InChI is InChI=1S/C20H22N2O2/c1-15(2)16-8-10-17(11-9-16)20(24)21-12-13-22(19(23)14-21)18-6-4-3-5-7-18/h3-11,15H,12-14H2,1-2H3. The van der Waals surface area contributed by atoms with Crippen molar-refractivity contribution < 1.29 is 9.59 Å². The number of amides is 2. The molecule has 0 atom stereocenters. The number of nitrogens with zero attached hydrogens (tertiary/aromatic N) is 2. The van der Waals surface area contributed by atoms with Crippen LogP contribution in [0.2, 0.25) is 0 Å². The van der Waals surface area contributed by atoms with Crippen LogP contribution in [-0.2, 0) is 4.79 Å². The molecule has 2 aromatic rings. The van der Waals surface area contributed by atoms with Gasteiger partial charge in [-0.05, 0) is 35.7 Å². The van der Waals surface area contributed by atoms with Gasteiger partial charge in [0.1, 0.15) is 6.54 Å². The van der Waals surface area contributed by atoms with Crippen molar-refractivity contribution in [3.8, 4) is 0 Å². The van der Waals surface area contributed by atoms with Gasteiger partial charge in [-0.15, -0.1) is 0 Å². The van der Waals surface area contributed by atoms with E-state index in [-0.39, 0.29) is 18.4 Å². The Balaban J connectivity index is 1.69. The van der Waals surface area contributed by atoms with E-state index in [0.29, 0.717) is 24.6 Å². The molecule has 1 aliphatic rings. The molecule has 0 spiro atoms. The molecule has 0 aromatic heterocycles. The Labute approximate surface area is 142 Å². The van der Waals surface area contributed by atoms with E-state index in [2.05, 4.69) is 13.8 Å². The van der Waals surface area contributed by atoms with E-state index in [1.807, 2.05) is 54.6 Å². The maximum absolute atomic E-state index is 12.6. The highest BCUT2D eigenvalue weighted by Crippen LogP contribution is 2.19. The van der Waals surface area contributed by atoms with Crippen molar-refractivity contribution in [3.63, 3.8) is 0 Å². The quantitative estimate of drug-likeness (QED) is 0.870. The van der Waals surface area contributed by atoms with Crippen molar-refractivity contribution >= 4 is 17.5 Å². The van der Waals surface area contributed by atoms with Gasteiger partial charge in [-0.3, -0.25) is 9.59 Å².